The average molecular weight is 477 g/mol. The Kier molecular flexibility index (Phi) is 5.59. The van der Waals surface area contributed by atoms with Crippen LogP contribution in [-0.4, -0.2) is 14.2 Å². The summed E-state index contributed by atoms with van der Waals surface area (Å²) in [7, 11) is 3.53. The first kappa shape index (κ1) is 21.9. The number of rotatable bonds is 4. The van der Waals surface area contributed by atoms with Gasteiger partial charge in [-0.3, -0.25) is 0 Å². The Bertz CT molecular complexity index is 1070. The second-order valence-corrected chi connectivity index (χ2v) is 13.7. The quantitative estimate of drug-likeness (QED) is 0.292. The van der Waals surface area contributed by atoms with Crippen LogP contribution in [0.15, 0.2) is 24.3 Å². The smallest absolute Gasteiger partial charge is 0.138 e. The van der Waals surface area contributed by atoms with Crippen molar-refractivity contribution in [2.75, 3.05) is 14.2 Å². The summed E-state index contributed by atoms with van der Waals surface area (Å²) in [6.45, 7) is 13.5. The van der Waals surface area contributed by atoms with Crippen LogP contribution in [0.3, 0.4) is 0 Å². The van der Waals surface area contributed by atoms with Crippen LogP contribution in [0, 0.1) is 0 Å². The summed E-state index contributed by atoms with van der Waals surface area (Å²) in [5.41, 5.74) is 0.247. The molecule has 0 amide bonds. The highest BCUT2D eigenvalue weighted by molar-refractivity contribution is 7.33. The molecule has 4 aromatic rings. The van der Waals surface area contributed by atoms with Crippen molar-refractivity contribution >= 4 is 54.7 Å². The average Bonchev–Trinajstić information content (AvgIpc) is 3.38. The first-order valence-corrected chi connectivity index (χ1v) is 13.2. The summed E-state index contributed by atoms with van der Waals surface area (Å²) in [6, 6.07) is 9.03. The van der Waals surface area contributed by atoms with Gasteiger partial charge in [-0.2, -0.15) is 0 Å². The maximum Gasteiger partial charge on any atom is 0.138 e. The van der Waals surface area contributed by atoms with Crippen molar-refractivity contribution in [3.63, 3.8) is 0 Å². The minimum absolute atomic E-state index is 0.124. The van der Waals surface area contributed by atoms with Crippen LogP contribution in [-0.2, 0) is 10.8 Å². The molecular weight excluding hydrogens is 449 g/mol. The summed E-state index contributed by atoms with van der Waals surface area (Å²) in [5, 5.41) is 0. The van der Waals surface area contributed by atoms with Crippen LogP contribution in [0.1, 0.15) is 51.3 Å². The zero-order valence-corrected chi connectivity index (χ0v) is 22.0. The first-order chi connectivity index (χ1) is 14.0. The van der Waals surface area contributed by atoms with Gasteiger partial charge in [-0.15, -0.1) is 45.3 Å². The van der Waals surface area contributed by atoms with Gasteiger partial charge in [0.1, 0.15) is 11.5 Å². The number of fused-ring (bicyclic) bond motifs is 1. The monoisotopic (exact) mass is 476 g/mol. The van der Waals surface area contributed by atoms with Crippen molar-refractivity contribution in [3.8, 4) is 31.0 Å². The van der Waals surface area contributed by atoms with Crippen molar-refractivity contribution in [1.82, 2.24) is 0 Å². The summed E-state index contributed by atoms with van der Waals surface area (Å²) >= 11 is 7.39. The van der Waals surface area contributed by atoms with Crippen molar-refractivity contribution in [2.45, 2.75) is 52.4 Å². The van der Waals surface area contributed by atoms with Crippen molar-refractivity contribution in [1.29, 1.82) is 0 Å². The molecule has 0 N–H and O–H groups in total. The van der Waals surface area contributed by atoms with E-state index < -0.39 is 0 Å². The Morgan fingerprint density at radius 2 is 0.933 bits per heavy atom. The van der Waals surface area contributed by atoms with Gasteiger partial charge in [0.05, 0.1) is 33.7 Å². The lowest BCUT2D eigenvalue weighted by Crippen LogP contribution is -2.07. The number of hydrogen-bond donors (Lipinski definition) is 0. The summed E-state index contributed by atoms with van der Waals surface area (Å²) in [5.74, 6) is 1.96. The molecule has 30 heavy (non-hydrogen) atoms. The maximum absolute atomic E-state index is 5.71. The van der Waals surface area contributed by atoms with Crippen LogP contribution < -0.4 is 9.47 Å². The van der Waals surface area contributed by atoms with Gasteiger partial charge in [-0.25, -0.2) is 0 Å². The maximum atomic E-state index is 5.71. The predicted octanol–water partition coefficient (Wildman–Crippen LogP) is 9.03. The van der Waals surface area contributed by atoms with Gasteiger partial charge in [-0.05, 0) is 35.1 Å². The SMILES string of the molecule is COc1cc(C(C)(C)C)sc1-c1cc2sc(-c3sc(C(C)(C)C)cc3OC)cc2s1. The fraction of sp³-hybridized carbons (Fsp3) is 0.417. The van der Waals surface area contributed by atoms with E-state index in [0.717, 1.165) is 11.5 Å². The van der Waals surface area contributed by atoms with Gasteiger partial charge >= 0.3 is 0 Å². The molecule has 0 saturated carbocycles. The van der Waals surface area contributed by atoms with E-state index in [-0.39, 0.29) is 10.8 Å². The zero-order chi connectivity index (χ0) is 21.8. The molecule has 4 rings (SSSR count). The Morgan fingerprint density at radius 1 is 0.567 bits per heavy atom. The van der Waals surface area contributed by atoms with Gasteiger partial charge < -0.3 is 9.47 Å². The fourth-order valence-electron chi connectivity index (χ4n) is 3.19. The lowest BCUT2D eigenvalue weighted by atomic mass is 9.95. The Labute approximate surface area is 195 Å². The minimum atomic E-state index is 0.124. The van der Waals surface area contributed by atoms with E-state index in [9.17, 15) is 0 Å². The lowest BCUT2D eigenvalue weighted by Gasteiger charge is -2.14. The molecule has 0 unspecified atom stereocenters. The van der Waals surface area contributed by atoms with Crippen LogP contribution in [0.2, 0.25) is 0 Å². The second kappa shape index (κ2) is 7.66. The van der Waals surface area contributed by atoms with E-state index in [2.05, 4.69) is 65.8 Å². The van der Waals surface area contributed by atoms with Crippen LogP contribution in [0.5, 0.6) is 11.5 Å². The molecule has 0 aliphatic carbocycles. The second-order valence-electron chi connectivity index (χ2n) is 9.47. The van der Waals surface area contributed by atoms with E-state index in [1.165, 1.54) is 38.7 Å². The molecule has 0 aromatic carbocycles. The van der Waals surface area contributed by atoms with Gasteiger partial charge in [0, 0.05) is 19.2 Å². The third-order valence-electron chi connectivity index (χ3n) is 4.97. The highest BCUT2D eigenvalue weighted by Crippen LogP contribution is 2.51. The Morgan fingerprint density at radius 3 is 1.23 bits per heavy atom. The molecule has 0 bridgehead atoms. The highest BCUT2D eigenvalue weighted by atomic mass is 32.1. The van der Waals surface area contributed by atoms with E-state index in [1.807, 2.05) is 45.3 Å². The summed E-state index contributed by atoms with van der Waals surface area (Å²) in [4.78, 5) is 7.75. The molecule has 2 nitrogen and oxygen atoms in total. The van der Waals surface area contributed by atoms with Crippen molar-refractivity contribution < 1.29 is 9.47 Å². The number of hydrogen-bond acceptors (Lipinski definition) is 6. The molecule has 6 heteroatoms. The molecule has 0 aliphatic heterocycles. The van der Waals surface area contributed by atoms with E-state index in [4.69, 9.17) is 9.47 Å². The number of thiophene rings is 4. The highest BCUT2D eigenvalue weighted by Gasteiger charge is 2.24. The third kappa shape index (κ3) is 3.95. The van der Waals surface area contributed by atoms with Gasteiger partial charge in [-0.1, -0.05) is 41.5 Å². The van der Waals surface area contributed by atoms with E-state index in [1.54, 1.807) is 14.2 Å². The first-order valence-electron chi connectivity index (χ1n) is 9.92. The van der Waals surface area contributed by atoms with Crippen molar-refractivity contribution in [3.05, 3.63) is 34.0 Å². The molecule has 0 spiro atoms. The topological polar surface area (TPSA) is 18.5 Å². The molecule has 0 saturated heterocycles. The molecule has 0 radical (unpaired) electrons. The molecule has 4 heterocycles. The zero-order valence-electron chi connectivity index (χ0n) is 18.8. The molecule has 0 aliphatic rings. The van der Waals surface area contributed by atoms with E-state index in [0.29, 0.717) is 0 Å². The Balaban J connectivity index is 1.75. The molecule has 160 valence electrons. The number of methoxy groups -OCH3 is 2. The Hall–Kier alpha value is -1.34. The van der Waals surface area contributed by atoms with Crippen LogP contribution in [0.25, 0.3) is 28.9 Å². The van der Waals surface area contributed by atoms with Gasteiger partial charge in [0.15, 0.2) is 0 Å². The van der Waals surface area contributed by atoms with Crippen LogP contribution in [0.4, 0.5) is 0 Å². The molecule has 0 fully saturated rings. The van der Waals surface area contributed by atoms with Gasteiger partial charge in [0.25, 0.3) is 0 Å². The summed E-state index contributed by atoms with van der Waals surface area (Å²) in [6.07, 6.45) is 0. The summed E-state index contributed by atoms with van der Waals surface area (Å²) < 4.78 is 14.1. The molecule has 4 aromatic heterocycles. The normalized spacial score (nSPS) is 12.7. The molecular formula is C24H28O2S4. The predicted molar refractivity (Wildman–Crippen MR) is 137 cm³/mol. The van der Waals surface area contributed by atoms with E-state index >= 15 is 0 Å². The molecule has 0 atom stereocenters. The minimum Gasteiger partial charge on any atom is -0.495 e. The van der Waals surface area contributed by atoms with Gasteiger partial charge in [0.2, 0.25) is 0 Å². The third-order valence-corrected chi connectivity index (χ3v) is 10.7. The van der Waals surface area contributed by atoms with Crippen LogP contribution >= 0.6 is 45.3 Å². The lowest BCUT2D eigenvalue weighted by molar-refractivity contribution is 0.417. The number of ether oxygens (including phenoxy) is 2. The standard InChI is InChI=1S/C24H28O2S4/c1-23(2,3)19-9-13(25-7)21(29-19)17-11-15-16(27-17)12-18(28-15)22-14(26-8)10-20(30-22)24(4,5)6/h9-12H,1-8H3. The largest absolute Gasteiger partial charge is 0.495 e. The fourth-order valence-corrected chi connectivity index (χ4v) is 8.17. The van der Waals surface area contributed by atoms with Crippen molar-refractivity contribution in [2.24, 2.45) is 0 Å².